The number of carbonyl (C=O) groups is 2. The molecule has 178 valence electrons. The average Bonchev–Trinajstić information content (AvgIpc) is 3.45. The molecule has 2 heterocycles. The highest BCUT2D eigenvalue weighted by Gasteiger charge is 2.47. The van der Waals surface area contributed by atoms with Crippen LogP contribution in [0.4, 0.5) is 0 Å². The number of rotatable bonds is 8. The molecule has 1 N–H and O–H groups in total. The number of aliphatic hydroxyl groups excluding tert-OH is 1. The van der Waals surface area contributed by atoms with Crippen molar-refractivity contribution in [1.82, 2.24) is 4.90 Å². The summed E-state index contributed by atoms with van der Waals surface area (Å²) in [6.07, 6.45) is 3.14. The summed E-state index contributed by atoms with van der Waals surface area (Å²) < 4.78 is 16.9. The Bertz CT molecular complexity index is 1120. The van der Waals surface area contributed by atoms with Crippen LogP contribution in [0.5, 0.6) is 11.5 Å². The smallest absolute Gasteiger partial charge is 0.295 e. The number of aliphatic hydroxyl groups is 1. The fourth-order valence-electron chi connectivity index (χ4n) is 4.31. The number of Topliss-reactive ketones (excluding diaryl/α,β-unsaturated/α-hetero) is 1. The van der Waals surface area contributed by atoms with E-state index in [9.17, 15) is 14.7 Å². The molecular weight excluding hydrogens is 458 g/mol. The average molecular weight is 484 g/mol. The zero-order valence-corrected chi connectivity index (χ0v) is 19.6. The number of carbonyl (C=O) groups excluding carboxylic acids is 2. The van der Waals surface area contributed by atoms with Crippen LogP contribution < -0.4 is 9.47 Å². The number of hydrogen-bond acceptors (Lipinski definition) is 6. The minimum atomic E-state index is -0.817. The fraction of sp³-hybridized carbons (Fsp3) is 0.308. The summed E-state index contributed by atoms with van der Waals surface area (Å²) in [6, 6.07) is 10.8. The van der Waals surface area contributed by atoms with Crippen LogP contribution in [0.15, 0.2) is 60.7 Å². The van der Waals surface area contributed by atoms with E-state index in [2.05, 4.69) is 6.58 Å². The number of amides is 1. The molecule has 0 aromatic heterocycles. The molecule has 8 heteroatoms. The predicted octanol–water partition coefficient (Wildman–Crippen LogP) is 4.51. The number of hydrogen-bond donors (Lipinski definition) is 1. The van der Waals surface area contributed by atoms with Crippen molar-refractivity contribution in [3.05, 3.63) is 76.8 Å². The van der Waals surface area contributed by atoms with Gasteiger partial charge in [-0.3, -0.25) is 9.59 Å². The van der Waals surface area contributed by atoms with E-state index in [4.69, 9.17) is 25.8 Å². The van der Waals surface area contributed by atoms with Crippen LogP contribution in [0, 0.1) is 0 Å². The van der Waals surface area contributed by atoms with Crippen molar-refractivity contribution in [2.24, 2.45) is 0 Å². The summed E-state index contributed by atoms with van der Waals surface area (Å²) in [4.78, 5) is 27.8. The highest BCUT2D eigenvalue weighted by atomic mass is 35.5. The Kier molecular flexibility index (Phi) is 7.24. The van der Waals surface area contributed by atoms with Crippen molar-refractivity contribution in [3.63, 3.8) is 0 Å². The van der Waals surface area contributed by atoms with Crippen molar-refractivity contribution in [1.29, 1.82) is 0 Å². The molecule has 0 aliphatic carbocycles. The van der Waals surface area contributed by atoms with Crippen LogP contribution in [-0.4, -0.2) is 54.7 Å². The van der Waals surface area contributed by atoms with E-state index in [0.29, 0.717) is 40.9 Å². The summed E-state index contributed by atoms with van der Waals surface area (Å²) in [5.74, 6) is -0.752. The molecule has 2 aliphatic heterocycles. The highest BCUT2D eigenvalue weighted by molar-refractivity contribution is 6.46. The Morgan fingerprint density at radius 2 is 2.00 bits per heavy atom. The molecular formula is C26H26ClNO6. The van der Waals surface area contributed by atoms with Crippen molar-refractivity contribution in [2.45, 2.75) is 25.0 Å². The topological polar surface area (TPSA) is 85.3 Å². The first-order valence-corrected chi connectivity index (χ1v) is 11.4. The van der Waals surface area contributed by atoms with Gasteiger partial charge in [0.2, 0.25) is 0 Å². The SMILES string of the molecule is C=CCOc1ccc(C2/C(=C(\O)c3ccc(Cl)cc3)C(=O)C(=O)N2CC2CCCO2)cc1OC. The number of likely N-dealkylation sites (tertiary alicyclic amines) is 1. The quantitative estimate of drug-likeness (QED) is 0.257. The molecule has 2 aliphatic rings. The van der Waals surface area contributed by atoms with Crippen LogP contribution in [0.2, 0.25) is 5.02 Å². The van der Waals surface area contributed by atoms with E-state index in [1.54, 1.807) is 48.5 Å². The van der Waals surface area contributed by atoms with Gasteiger partial charge in [0.25, 0.3) is 11.7 Å². The van der Waals surface area contributed by atoms with E-state index < -0.39 is 17.7 Å². The third-order valence-electron chi connectivity index (χ3n) is 5.94. The van der Waals surface area contributed by atoms with Gasteiger partial charge in [-0.25, -0.2) is 0 Å². The Labute approximate surface area is 203 Å². The number of methoxy groups -OCH3 is 1. The maximum Gasteiger partial charge on any atom is 0.295 e. The number of ether oxygens (including phenoxy) is 3. The van der Waals surface area contributed by atoms with Gasteiger partial charge in [0, 0.05) is 23.7 Å². The lowest BCUT2D eigenvalue weighted by Gasteiger charge is -2.28. The van der Waals surface area contributed by atoms with E-state index in [0.717, 1.165) is 12.8 Å². The van der Waals surface area contributed by atoms with Crippen LogP contribution in [0.25, 0.3) is 5.76 Å². The minimum Gasteiger partial charge on any atom is -0.507 e. The molecule has 2 fully saturated rings. The Balaban J connectivity index is 1.82. The third-order valence-corrected chi connectivity index (χ3v) is 6.19. The van der Waals surface area contributed by atoms with E-state index in [1.165, 1.54) is 12.0 Å². The maximum atomic E-state index is 13.2. The van der Waals surface area contributed by atoms with Crippen molar-refractivity contribution >= 4 is 29.1 Å². The summed E-state index contributed by atoms with van der Waals surface area (Å²) in [5.41, 5.74) is 1.00. The molecule has 2 aromatic carbocycles. The lowest BCUT2D eigenvalue weighted by atomic mass is 9.95. The first-order chi connectivity index (χ1) is 16.4. The standard InChI is InChI=1S/C26H26ClNO6/c1-3-12-34-20-11-8-17(14-21(20)32-2)23-22(24(29)16-6-9-18(27)10-7-16)25(30)26(31)28(23)15-19-5-4-13-33-19/h3,6-11,14,19,23,29H,1,4-5,12-13,15H2,2H3/b24-22+. The molecule has 0 radical (unpaired) electrons. The second kappa shape index (κ2) is 10.3. The number of halogens is 1. The first kappa shape index (κ1) is 23.9. The zero-order chi connectivity index (χ0) is 24.2. The molecule has 0 bridgehead atoms. The predicted molar refractivity (Wildman–Crippen MR) is 128 cm³/mol. The normalized spacial score (nSPS) is 21.6. The number of benzene rings is 2. The lowest BCUT2D eigenvalue weighted by molar-refractivity contribution is -0.140. The molecule has 2 aromatic rings. The van der Waals surface area contributed by atoms with Gasteiger partial charge < -0.3 is 24.2 Å². The Morgan fingerprint density at radius 3 is 2.65 bits per heavy atom. The van der Waals surface area contributed by atoms with Gasteiger partial charge in [0.1, 0.15) is 12.4 Å². The van der Waals surface area contributed by atoms with Gasteiger partial charge in [-0.1, -0.05) is 30.3 Å². The number of ketones is 1. The third kappa shape index (κ3) is 4.67. The second-order valence-electron chi connectivity index (χ2n) is 8.10. The minimum absolute atomic E-state index is 0.00660. The van der Waals surface area contributed by atoms with E-state index in [1.807, 2.05) is 0 Å². The van der Waals surface area contributed by atoms with Crippen LogP contribution in [0.1, 0.15) is 30.0 Å². The van der Waals surface area contributed by atoms with E-state index >= 15 is 0 Å². The Hall–Kier alpha value is -3.29. The summed E-state index contributed by atoms with van der Waals surface area (Å²) in [5, 5.41) is 11.6. The van der Waals surface area contributed by atoms with Crippen LogP contribution >= 0.6 is 11.6 Å². The molecule has 0 saturated carbocycles. The van der Waals surface area contributed by atoms with Gasteiger partial charge in [0.15, 0.2) is 11.5 Å². The van der Waals surface area contributed by atoms with Crippen molar-refractivity contribution in [2.75, 3.05) is 26.9 Å². The fourth-order valence-corrected chi connectivity index (χ4v) is 4.43. The molecule has 4 rings (SSSR count). The maximum absolute atomic E-state index is 13.2. The van der Waals surface area contributed by atoms with Gasteiger partial charge >= 0.3 is 0 Å². The lowest BCUT2D eigenvalue weighted by Crippen LogP contribution is -2.36. The van der Waals surface area contributed by atoms with Gasteiger partial charge in [-0.2, -0.15) is 0 Å². The van der Waals surface area contributed by atoms with Crippen LogP contribution in [-0.2, 0) is 14.3 Å². The molecule has 1 amide bonds. The van der Waals surface area contributed by atoms with Crippen LogP contribution in [0.3, 0.4) is 0 Å². The molecule has 34 heavy (non-hydrogen) atoms. The highest BCUT2D eigenvalue weighted by Crippen LogP contribution is 2.42. The molecule has 0 spiro atoms. The Morgan fingerprint density at radius 1 is 1.24 bits per heavy atom. The second-order valence-corrected chi connectivity index (χ2v) is 8.54. The molecule has 7 nitrogen and oxygen atoms in total. The molecule has 2 atom stereocenters. The summed E-state index contributed by atoms with van der Waals surface area (Å²) in [6.45, 7) is 4.80. The van der Waals surface area contributed by atoms with Crippen molar-refractivity contribution in [3.8, 4) is 11.5 Å². The summed E-state index contributed by atoms with van der Waals surface area (Å²) in [7, 11) is 1.51. The molecule has 2 saturated heterocycles. The zero-order valence-electron chi connectivity index (χ0n) is 18.8. The van der Waals surface area contributed by atoms with Gasteiger partial charge in [0.05, 0.1) is 24.8 Å². The van der Waals surface area contributed by atoms with E-state index in [-0.39, 0.29) is 24.0 Å². The number of nitrogens with zero attached hydrogens (tertiary/aromatic N) is 1. The first-order valence-electron chi connectivity index (χ1n) is 11.0. The van der Waals surface area contributed by atoms with Crippen molar-refractivity contribution < 1.29 is 28.9 Å². The summed E-state index contributed by atoms with van der Waals surface area (Å²) >= 11 is 5.98. The van der Waals surface area contributed by atoms with Gasteiger partial charge in [-0.15, -0.1) is 0 Å². The monoisotopic (exact) mass is 483 g/mol. The van der Waals surface area contributed by atoms with Gasteiger partial charge in [-0.05, 0) is 54.8 Å². The largest absolute Gasteiger partial charge is 0.507 e. The molecule has 2 unspecified atom stereocenters.